The van der Waals surface area contributed by atoms with Gasteiger partial charge in [-0.3, -0.25) is 0 Å². The first-order valence-corrected chi connectivity index (χ1v) is 9.55. The topological polar surface area (TPSA) is 39.7 Å². The van der Waals surface area contributed by atoms with Gasteiger partial charge in [-0.2, -0.15) is 0 Å². The summed E-state index contributed by atoms with van der Waals surface area (Å²) >= 11 is 0. The van der Waals surface area contributed by atoms with Crippen LogP contribution < -0.4 is 19.5 Å². The summed E-state index contributed by atoms with van der Waals surface area (Å²) in [5.41, 5.74) is 3.40. The van der Waals surface area contributed by atoms with Gasteiger partial charge in [0.25, 0.3) is 0 Å². The lowest BCUT2D eigenvalue weighted by Gasteiger charge is -2.12. The van der Waals surface area contributed by atoms with E-state index in [1.165, 1.54) is 5.56 Å². The Bertz CT molecular complexity index is 847. The highest BCUT2D eigenvalue weighted by Crippen LogP contribution is 2.19. The number of anilines is 1. The third kappa shape index (κ3) is 6.23. The molecule has 0 bridgehead atoms. The molecule has 3 rings (SSSR count). The Morgan fingerprint density at radius 2 is 1.36 bits per heavy atom. The molecule has 4 nitrogen and oxygen atoms in total. The molecule has 0 aromatic heterocycles. The number of hydrogen-bond acceptors (Lipinski definition) is 4. The summed E-state index contributed by atoms with van der Waals surface area (Å²) in [7, 11) is 0. The quantitative estimate of drug-likeness (QED) is 0.490. The Labute approximate surface area is 167 Å². The molecule has 0 radical (unpaired) electrons. The molecule has 0 saturated carbocycles. The van der Waals surface area contributed by atoms with Crippen LogP contribution in [-0.2, 0) is 0 Å². The molecule has 0 aliphatic heterocycles. The van der Waals surface area contributed by atoms with Gasteiger partial charge in [0.1, 0.15) is 37.1 Å². The van der Waals surface area contributed by atoms with Crippen molar-refractivity contribution in [2.24, 2.45) is 0 Å². The zero-order chi connectivity index (χ0) is 19.6. The predicted molar refractivity (Wildman–Crippen MR) is 114 cm³/mol. The highest BCUT2D eigenvalue weighted by atomic mass is 16.5. The first kappa shape index (κ1) is 19.6. The molecule has 0 spiro atoms. The minimum atomic E-state index is 0.505. The summed E-state index contributed by atoms with van der Waals surface area (Å²) in [6.45, 7) is 6.50. The van der Waals surface area contributed by atoms with Crippen molar-refractivity contribution in [3.8, 4) is 17.2 Å². The fraction of sp³-hybridized carbons (Fsp3) is 0.250. The molecule has 0 fully saturated rings. The summed E-state index contributed by atoms with van der Waals surface area (Å²) in [6.07, 6.45) is 0. The van der Waals surface area contributed by atoms with E-state index in [1.807, 2.05) is 54.6 Å². The molecule has 0 aliphatic carbocycles. The Kier molecular flexibility index (Phi) is 7.19. The lowest BCUT2D eigenvalue weighted by atomic mass is 10.1. The highest BCUT2D eigenvalue weighted by molar-refractivity contribution is 5.46. The molecule has 0 aliphatic rings. The van der Waals surface area contributed by atoms with Crippen LogP contribution in [0.25, 0.3) is 0 Å². The van der Waals surface area contributed by atoms with Crippen molar-refractivity contribution in [3.05, 3.63) is 83.9 Å². The SMILES string of the molecule is Cc1ccc(C)c(OCCNc2ccc(OCCOc3ccccc3)cc2)c1. The van der Waals surface area contributed by atoms with Crippen LogP contribution in [0, 0.1) is 13.8 Å². The van der Waals surface area contributed by atoms with E-state index in [0.29, 0.717) is 19.8 Å². The van der Waals surface area contributed by atoms with Crippen molar-refractivity contribution >= 4 is 5.69 Å². The van der Waals surface area contributed by atoms with Crippen LogP contribution in [0.3, 0.4) is 0 Å². The van der Waals surface area contributed by atoms with Crippen LogP contribution in [0.4, 0.5) is 5.69 Å². The van der Waals surface area contributed by atoms with E-state index in [0.717, 1.165) is 35.0 Å². The first-order valence-electron chi connectivity index (χ1n) is 9.55. The number of hydrogen-bond donors (Lipinski definition) is 1. The average Bonchev–Trinajstić information content (AvgIpc) is 2.73. The van der Waals surface area contributed by atoms with E-state index in [9.17, 15) is 0 Å². The minimum absolute atomic E-state index is 0.505. The predicted octanol–water partition coefficient (Wildman–Crippen LogP) is 5.25. The zero-order valence-corrected chi connectivity index (χ0v) is 16.5. The minimum Gasteiger partial charge on any atom is -0.491 e. The van der Waals surface area contributed by atoms with Gasteiger partial charge < -0.3 is 19.5 Å². The Balaban J connectivity index is 1.34. The summed E-state index contributed by atoms with van der Waals surface area (Å²) in [5.74, 6) is 2.63. The molecule has 0 amide bonds. The summed E-state index contributed by atoms with van der Waals surface area (Å²) in [6, 6.07) is 23.9. The molecular weight excluding hydrogens is 350 g/mol. The van der Waals surface area contributed by atoms with Crippen LogP contribution in [0.5, 0.6) is 17.2 Å². The van der Waals surface area contributed by atoms with Crippen molar-refractivity contribution in [1.82, 2.24) is 0 Å². The Hall–Kier alpha value is -3.14. The molecule has 0 saturated heterocycles. The first-order chi connectivity index (χ1) is 13.7. The van der Waals surface area contributed by atoms with Crippen molar-refractivity contribution in [1.29, 1.82) is 0 Å². The monoisotopic (exact) mass is 377 g/mol. The van der Waals surface area contributed by atoms with E-state index in [-0.39, 0.29) is 0 Å². The van der Waals surface area contributed by atoms with Gasteiger partial charge in [-0.25, -0.2) is 0 Å². The fourth-order valence-corrected chi connectivity index (χ4v) is 2.72. The number of ether oxygens (including phenoxy) is 3. The molecule has 4 heteroatoms. The van der Waals surface area contributed by atoms with E-state index in [2.05, 4.69) is 37.4 Å². The van der Waals surface area contributed by atoms with Gasteiger partial charge in [0.2, 0.25) is 0 Å². The molecule has 0 heterocycles. The van der Waals surface area contributed by atoms with E-state index in [1.54, 1.807) is 0 Å². The maximum absolute atomic E-state index is 5.86. The third-order valence-corrected chi connectivity index (χ3v) is 4.25. The number of rotatable bonds is 10. The maximum Gasteiger partial charge on any atom is 0.122 e. The molecular formula is C24H27NO3. The summed E-state index contributed by atoms with van der Waals surface area (Å²) in [5, 5.41) is 3.36. The van der Waals surface area contributed by atoms with E-state index in [4.69, 9.17) is 14.2 Å². The van der Waals surface area contributed by atoms with Crippen LogP contribution in [0.15, 0.2) is 72.8 Å². The number of para-hydroxylation sites is 1. The standard InChI is InChI=1S/C24H27NO3/c1-19-8-9-20(2)24(18-19)28-15-14-25-21-10-12-23(13-11-21)27-17-16-26-22-6-4-3-5-7-22/h3-13,18,25H,14-17H2,1-2H3. The lowest BCUT2D eigenvalue weighted by molar-refractivity contribution is 0.217. The second-order valence-electron chi connectivity index (χ2n) is 6.58. The molecule has 0 atom stereocenters. The largest absolute Gasteiger partial charge is 0.491 e. The van der Waals surface area contributed by atoms with E-state index >= 15 is 0 Å². The maximum atomic E-state index is 5.86. The molecule has 28 heavy (non-hydrogen) atoms. The molecule has 146 valence electrons. The normalized spacial score (nSPS) is 10.4. The number of nitrogens with one attached hydrogen (secondary N) is 1. The van der Waals surface area contributed by atoms with Gasteiger partial charge in [0.05, 0.1) is 0 Å². The van der Waals surface area contributed by atoms with Gasteiger partial charge in [-0.1, -0.05) is 30.3 Å². The Morgan fingerprint density at radius 1 is 0.679 bits per heavy atom. The number of benzene rings is 3. The van der Waals surface area contributed by atoms with Crippen molar-refractivity contribution in [2.75, 3.05) is 31.7 Å². The molecule has 1 N–H and O–H groups in total. The van der Waals surface area contributed by atoms with Crippen molar-refractivity contribution in [3.63, 3.8) is 0 Å². The van der Waals surface area contributed by atoms with Crippen molar-refractivity contribution in [2.45, 2.75) is 13.8 Å². The summed E-state index contributed by atoms with van der Waals surface area (Å²) < 4.78 is 17.2. The fourth-order valence-electron chi connectivity index (χ4n) is 2.72. The van der Waals surface area contributed by atoms with Gasteiger partial charge in [-0.05, 0) is 67.4 Å². The molecule has 3 aromatic rings. The van der Waals surface area contributed by atoms with Gasteiger partial charge in [0, 0.05) is 12.2 Å². The third-order valence-electron chi connectivity index (χ3n) is 4.25. The van der Waals surface area contributed by atoms with Gasteiger partial charge in [-0.15, -0.1) is 0 Å². The smallest absolute Gasteiger partial charge is 0.122 e. The number of aryl methyl sites for hydroxylation is 2. The summed E-state index contributed by atoms with van der Waals surface area (Å²) in [4.78, 5) is 0. The second-order valence-corrected chi connectivity index (χ2v) is 6.58. The van der Waals surface area contributed by atoms with Crippen LogP contribution in [0.2, 0.25) is 0 Å². The van der Waals surface area contributed by atoms with Crippen LogP contribution in [0.1, 0.15) is 11.1 Å². The van der Waals surface area contributed by atoms with Gasteiger partial charge >= 0.3 is 0 Å². The zero-order valence-electron chi connectivity index (χ0n) is 16.5. The van der Waals surface area contributed by atoms with E-state index < -0.39 is 0 Å². The molecule has 3 aromatic carbocycles. The van der Waals surface area contributed by atoms with Gasteiger partial charge in [0.15, 0.2) is 0 Å². The second kappa shape index (κ2) is 10.3. The average molecular weight is 377 g/mol. The van der Waals surface area contributed by atoms with Crippen molar-refractivity contribution < 1.29 is 14.2 Å². The van der Waals surface area contributed by atoms with Crippen LogP contribution >= 0.6 is 0 Å². The molecule has 0 unspecified atom stereocenters. The Morgan fingerprint density at radius 3 is 2.07 bits per heavy atom. The highest BCUT2D eigenvalue weighted by Gasteiger charge is 2.00. The lowest BCUT2D eigenvalue weighted by Crippen LogP contribution is -2.12. The van der Waals surface area contributed by atoms with Crippen LogP contribution in [-0.4, -0.2) is 26.4 Å².